The fourth-order valence-electron chi connectivity index (χ4n) is 2.52. The zero-order valence-corrected chi connectivity index (χ0v) is 13.6. The number of rotatable bonds is 10. The first-order valence-electron chi connectivity index (χ1n) is 8.03. The Morgan fingerprint density at radius 3 is 2.30 bits per heavy atom. The fourth-order valence-corrected chi connectivity index (χ4v) is 2.52. The van der Waals surface area contributed by atoms with Crippen LogP contribution in [0, 0.1) is 5.41 Å². The average Bonchev–Trinajstić information content (AvgIpc) is 2.48. The molecule has 1 aromatic carbocycles. The average molecular weight is 277 g/mol. The van der Waals surface area contributed by atoms with Crippen molar-refractivity contribution in [3.8, 4) is 5.75 Å². The van der Waals surface area contributed by atoms with Crippen molar-refractivity contribution >= 4 is 0 Å². The number of benzene rings is 1. The molecule has 0 saturated heterocycles. The lowest BCUT2D eigenvalue weighted by atomic mass is 9.78. The van der Waals surface area contributed by atoms with E-state index >= 15 is 0 Å². The van der Waals surface area contributed by atoms with E-state index in [0.717, 1.165) is 25.3 Å². The third kappa shape index (κ3) is 5.96. The molecule has 0 fully saturated rings. The SMILES string of the molecule is CCC(CC)(CCCOc1ccccc1)CNC(C)C. The molecule has 0 aromatic heterocycles. The number of hydrogen-bond donors (Lipinski definition) is 1. The maximum atomic E-state index is 5.80. The lowest BCUT2D eigenvalue weighted by molar-refractivity contribution is 0.194. The minimum absolute atomic E-state index is 0.421. The zero-order valence-electron chi connectivity index (χ0n) is 13.6. The van der Waals surface area contributed by atoms with Crippen molar-refractivity contribution in [1.29, 1.82) is 0 Å². The van der Waals surface area contributed by atoms with Crippen LogP contribution >= 0.6 is 0 Å². The van der Waals surface area contributed by atoms with Crippen LogP contribution in [0.4, 0.5) is 0 Å². The third-order valence-corrected chi connectivity index (χ3v) is 4.25. The topological polar surface area (TPSA) is 21.3 Å². The van der Waals surface area contributed by atoms with Gasteiger partial charge in [-0.05, 0) is 43.2 Å². The van der Waals surface area contributed by atoms with Crippen LogP contribution in [-0.4, -0.2) is 19.2 Å². The smallest absolute Gasteiger partial charge is 0.119 e. The molecule has 0 radical (unpaired) electrons. The predicted molar refractivity (Wildman–Crippen MR) is 87.3 cm³/mol. The van der Waals surface area contributed by atoms with Crippen LogP contribution in [0.3, 0.4) is 0 Å². The molecule has 114 valence electrons. The molecular weight excluding hydrogens is 246 g/mol. The first-order valence-corrected chi connectivity index (χ1v) is 8.03. The van der Waals surface area contributed by atoms with Gasteiger partial charge in [0.05, 0.1) is 6.61 Å². The summed E-state index contributed by atoms with van der Waals surface area (Å²) in [6, 6.07) is 10.7. The summed E-state index contributed by atoms with van der Waals surface area (Å²) in [7, 11) is 0. The monoisotopic (exact) mass is 277 g/mol. The number of nitrogens with one attached hydrogen (secondary N) is 1. The molecule has 0 spiro atoms. The number of ether oxygens (including phenoxy) is 1. The van der Waals surface area contributed by atoms with Gasteiger partial charge in [-0.3, -0.25) is 0 Å². The lowest BCUT2D eigenvalue weighted by Gasteiger charge is -2.33. The molecular formula is C18H31NO. The molecule has 0 unspecified atom stereocenters. The highest BCUT2D eigenvalue weighted by Gasteiger charge is 2.25. The van der Waals surface area contributed by atoms with Crippen molar-refractivity contribution in [2.24, 2.45) is 5.41 Å². The summed E-state index contributed by atoms with van der Waals surface area (Å²) in [5.41, 5.74) is 0.421. The Kier molecular flexibility index (Phi) is 7.68. The molecule has 0 amide bonds. The maximum absolute atomic E-state index is 5.80. The van der Waals surface area contributed by atoms with E-state index in [9.17, 15) is 0 Å². The van der Waals surface area contributed by atoms with Crippen LogP contribution < -0.4 is 10.1 Å². The van der Waals surface area contributed by atoms with Gasteiger partial charge in [0.2, 0.25) is 0 Å². The second-order valence-corrected chi connectivity index (χ2v) is 6.01. The normalized spacial score (nSPS) is 11.8. The maximum Gasteiger partial charge on any atom is 0.119 e. The Balaban J connectivity index is 2.35. The Hall–Kier alpha value is -1.02. The van der Waals surface area contributed by atoms with E-state index in [-0.39, 0.29) is 0 Å². The highest BCUT2D eigenvalue weighted by atomic mass is 16.5. The third-order valence-electron chi connectivity index (χ3n) is 4.25. The van der Waals surface area contributed by atoms with E-state index in [4.69, 9.17) is 4.74 Å². The van der Waals surface area contributed by atoms with Gasteiger partial charge in [-0.25, -0.2) is 0 Å². The first kappa shape index (κ1) is 17.0. The second-order valence-electron chi connectivity index (χ2n) is 6.01. The zero-order chi connectivity index (χ0) is 14.8. The molecule has 0 bridgehead atoms. The van der Waals surface area contributed by atoms with Gasteiger partial charge in [0.1, 0.15) is 5.75 Å². The molecule has 0 saturated carbocycles. The van der Waals surface area contributed by atoms with Crippen molar-refractivity contribution in [2.75, 3.05) is 13.2 Å². The lowest BCUT2D eigenvalue weighted by Crippen LogP contribution is -2.37. The summed E-state index contributed by atoms with van der Waals surface area (Å²) >= 11 is 0. The van der Waals surface area contributed by atoms with Crippen LogP contribution in [0.15, 0.2) is 30.3 Å². The highest BCUT2D eigenvalue weighted by molar-refractivity contribution is 5.20. The quantitative estimate of drug-likeness (QED) is 0.629. The molecule has 1 aromatic rings. The molecule has 0 atom stereocenters. The molecule has 1 N–H and O–H groups in total. The van der Waals surface area contributed by atoms with Crippen LogP contribution in [0.1, 0.15) is 53.4 Å². The minimum atomic E-state index is 0.421. The number of para-hydroxylation sites is 1. The molecule has 0 heterocycles. The molecule has 0 aliphatic heterocycles. The molecule has 2 heteroatoms. The van der Waals surface area contributed by atoms with Gasteiger partial charge in [-0.2, -0.15) is 0 Å². The van der Waals surface area contributed by atoms with Crippen molar-refractivity contribution < 1.29 is 4.74 Å². The largest absolute Gasteiger partial charge is 0.494 e. The molecule has 2 nitrogen and oxygen atoms in total. The summed E-state index contributed by atoms with van der Waals surface area (Å²) in [5.74, 6) is 0.978. The van der Waals surface area contributed by atoms with Crippen LogP contribution in [-0.2, 0) is 0 Å². The summed E-state index contributed by atoms with van der Waals surface area (Å²) in [5, 5.41) is 3.61. The van der Waals surface area contributed by atoms with Crippen LogP contribution in [0.5, 0.6) is 5.75 Å². The Bertz CT molecular complexity index is 344. The van der Waals surface area contributed by atoms with Gasteiger partial charge < -0.3 is 10.1 Å². The fraction of sp³-hybridized carbons (Fsp3) is 0.667. The van der Waals surface area contributed by atoms with Gasteiger partial charge in [0, 0.05) is 12.6 Å². The van der Waals surface area contributed by atoms with Gasteiger partial charge in [-0.15, -0.1) is 0 Å². The van der Waals surface area contributed by atoms with Crippen LogP contribution in [0.2, 0.25) is 0 Å². The van der Waals surface area contributed by atoms with Gasteiger partial charge in [0.25, 0.3) is 0 Å². The van der Waals surface area contributed by atoms with Crippen LogP contribution in [0.25, 0.3) is 0 Å². The second kappa shape index (κ2) is 9.02. The van der Waals surface area contributed by atoms with E-state index in [1.807, 2.05) is 30.3 Å². The summed E-state index contributed by atoms with van der Waals surface area (Å²) in [6.45, 7) is 11.0. The Labute approximate surface area is 124 Å². The highest BCUT2D eigenvalue weighted by Crippen LogP contribution is 2.31. The van der Waals surface area contributed by atoms with Gasteiger partial charge >= 0.3 is 0 Å². The van der Waals surface area contributed by atoms with E-state index in [2.05, 4.69) is 33.0 Å². The standard InChI is InChI=1S/C18H31NO/c1-5-18(6-2,15-19-16(3)4)13-10-14-20-17-11-8-7-9-12-17/h7-9,11-12,16,19H,5-6,10,13-15H2,1-4H3. The summed E-state index contributed by atoms with van der Waals surface area (Å²) in [4.78, 5) is 0. The van der Waals surface area contributed by atoms with E-state index in [0.29, 0.717) is 11.5 Å². The Morgan fingerprint density at radius 2 is 1.75 bits per heavy atom. The molecule has 1 rings (SSSR count). The van der Waals surface area contributed by atoms with Gasteiger partial charge in [0.15, 0.2) is 0 Å². The van der Waals surface area contributed by atoms with Crippen molar-refractivity contribution in [1.82, 2.24) is 5.32 Å². The minimum Gasteiger partial charge on any atom is -0.494 e. The number of hydrogen-bond acceptors (Lipinski definition) is 2. The van der Waals surface area contributed by atoms with E-state index < -0.39 is 0 Å². The predicted octanol–water partition coefficient (Wildman–Crippen LogP) is 4.65. The molecule has 20 heavy (non-hydrogen) atoms. The summed E-state index contributed by atoms with van der Waals surface area (Å²) < 4.78 is 5.80. The molecule has 0 aliphatic carbocycles. The van der Waals surface area contributed by atoms with Crippen molar-refractivity contribution in [3.63, 3.8) is 0 Å². The van der Waals surface area contributed by atoms with Crippen molar-refractivity contribution in [2.45, 2.75) is 59.4 Å². The van der Waals surface area contributed by atoms with Gasteiger partial charge in [-0.1, -0.05) is 45.9 Å². The first-order chi connectivity index (χ1) is 9.62. The van der Waals surface area contributed by atoms with E-state index in [1.165, 1.54) is 19.3 Å². The molecule has 0 aliphatic rings. The summed E-state index contributed by atoms with van der Waals surface area (Å²) in [6.07, 6.45) is 4.81. The Morgan fingerprint density at radius 1 is 1.10 bits per heavy atom. The van der Waals surface area contributed by atoms with E-state index in [1.54, 1.807) is 0 Å². The van der Waals surface area contributed by atoms with Crippen molar-refractivity contribution in [3.05, 3.63) is 30.3 Å².